The molecule has 2 nitrogen and oxygen atoms in total. The second-order valence-electron chi connectivity index (χ2n) is 5.94. The van der Waals surface area contributed by atoms with Crippen LogP contribution in [0.3, 0.4) is 0 Å². The lowest BCUT2D eigenvalue weighted by atomic mass is 10.1. The molecule has 1 saturated carbocycles. The molecule has 0 amide bonds. The van der Waals surface area contributed by atoms with E-state index in [0.717, 1.165) is 25.9 Å². The van der Waals surface area contributed by atoms with Gasteiger partial charge in [0.15, 0.2) is 0 Å². The minimum atomic E-state index is -0.464. The van der Waals surface area contributed by atoms with E-state index in [1.807, 2.05) is 0 Å². The van der Waals surface area contributed by atoms with Gasteiger partial charge >= 0.3 is 0 Å². The van der Waals surface area contributed by atoms with Crippen LogP contribution in [0.5, 0.6) is 0 Å². The lowest BCUT2D eigenvalue weighted by Gasteiger charge is -2.21. The van der Waals surface area contributed by atoms with Gasteiger partial charge in [0.25, 0.3) is 0 Å². The predicted molar refractivity (Wildman–Crippen MR) is 78.9 cm³/mol. The Kier molecular flexibility index (Phi) is 4.97. The number of anilines is 1. The number of hydrogen-bond acceptors (Lipinski definition) is 2. The third kappa shape index (κ3) is 3.69. The highest BCUT2D eigenvalue weighted by atomic mass is 19.1. The molecule has 112 valence electrons. The molecule has 2 unspecified atom stereocenters. The summed E-state index contributed by atoms with van der Waals surface area (Å²) in [5.74, 6) is 0.328. The number of nitrogens with one attached hydrogen (secondary N) is 1. The van der Waals surface area contributed by atoms with Gasteiger partial charge in [-0.3, -0.25) is 0 Å². The maximum atomic E-state index is 14.1. The molecule has 1 N–H and O–H groups in total. The molecule has 1 aliphatic rings. The molecular weight excluding hydrogens is 258 g/mol. The normalized spacial score (nSPS) is 21.1. The third-order valence-corrected chi connectivity index (χ3v) is 4.00. The molecule has 0 saturated heterocycles. The highest BCUT2D eigenvalue weighted by Gasteiger charge is 2.34. The first-order valence-corrected chi connectivity index (χ1v) is 7.42. The molecule has 1 aromatic rings. The molecule has 0 heterocycles. The number of nitrogens with zero attached hydrogens (tertiary/aromatic N) is 1. The molecular formula is C16H24F2N2. The van der Waals surface area contributed by atoms with E-state index >= 15 is 0 Å². The Morgan fingerprint density at radius 2 is 1.90 bits per heavy atom. The molecule has 0 radical (unpaired) electrons. The summed E-state index contributed by atoms with van der Waals surface area (Å²) in [6.45, 7) is 6.32. The van der Waals surface area contributed by atoms with E-state index < -0.39 is 11.6 Å². The minimum Gasteiger partial charge on any atom is -0.370 e. The van der Waals surface area contributed by atoms with Crippen LogP contribution in [-0.2, 0) is 6.54 Å². The lowest BCUT2D eigenvalue weighted by Crippen LogP contribution is -2.23. The van der Waals surface area contributed by atoms with Crippen molar-refractivity contribution < 1.29 is 8.78 Å². The minimum absolute atomic E-state index is 0.100. The molecule has 1 aromatic carbocycles. The van der Waals surface area contributed by atoms with Crippen molar-refractivity contribution in [1.29, 1.82) is 0 Å². The van der Waals surface area contributed by atoms with Gasteiger partial charge in [-0.2, -0.15) is 0 Å². The first-order valence-electron chi connectivity index (χ1n) is 7.42. The Labute approximate surface area is 120 Å². The summed E-state index contributed by atoms with van der Waals surface area (Å²) < 4.78 is 28.3. The van der Waals surface area contributed by atoms with Gasteiger partial charge in [-0.25, -0.2) is 8.78 Å². The van der Waals surface area contributed by atoms with E-state index in [1.54, 1.807) is 11.9 Å². The molecule has 2 rings (SSSR count). The van der Waals surface area contributed by atoms with Crippen molar-refractivity contribution in [2.45, 2.75) is 33.2 Å². The number of halogens is 2. The smallest absolute Gasteiger partial charge is 0.149 e. The molecule has 0 aliphatic heterocycles. The summed E-state index contributed by atoms with van der Waals surface area (Å²) in [4.78, 5) is 1.71. The standard InChI is InChI=1S/C16H24F2N2/c1-4-5-19-9-12-7-14(17)16(15(18)8-12)20(3)10-13-6-11(13)2/h7-8,11,13,19H,4-6,9-10H2,1-3H3. The van der Waals surface area contributed by atoms with Gasteiger partial charge in [-0.05, 0) is 48.9 Å². The van der Waals surface area contributed by atoms with Crippen molar-refractivity contribution in [3.05, 3.63) is 29.3 Å². The van der Waals surface area contributed by atoms with Gasteiger partial charge in [-0.1, -0.05) is 13.8 Å². The summed E-state index contributed by atoms with van der Waals surface area (Å²) in [6.07, 6.45) is 2.16. The van der Waals surface area contributed by atoms with Crippen LogP contribution in [0.4, 0.5) is 14.5 Å². The van der Waals surface area contributed by atoms with Gasteiger partial charge < -0.3 is 10.2 Å². The van der Waals surface area contributed by atoms with Crippen LogP contribution < -0.4 is 10.2 Å². The van der Waals surface area contributed by atoms with Gasteiger partial charge in [0, 0.05) is 20.1 Å². The van der Waals surface area contributed by atoms with E-state index in [1.165, 1.54) is 12.1 Å². The quantitative estimate of drug-likeness (QED) is 0.769. The van der Waals surface area contributed by atoms with Crippen LogP contribution in [0, 0.1) is 23.5 Å². The molecule has 1 fully saturated rings. The van der Waals surface area contributed by atoms with E-state index in [2.05, 4.69) is 19.2 Å². The fraction of sp³-hybridized carbons (Fsp3) is 0.625. The molecule has 20 heavy (non-hydrogen) atoms. The van der Waals surface area contributed by atoms with Crippen LogP contribution >= 0.6 is 0 Å². The Bertz CT molecular complexity index is 439. The van der Waals surface area contributed by atoms with Crippen LogP contribution in [-0.4, -0.2) is 20.1 Å². The van der Waals surface area contributed by atoms with Crippen molar-refractivity contribution in [2.24, 2.45) is 11.8 Å². The number of hydrogen-bond donors (Lipinski definition) is 1. The van der Waals surface area contributed by atoms with E-state index in [-0.39, 0.29) is 5.69 Å². The van der Waals surface area contributed by atoms with Crippen molar-refractivity contribution in [3.63, 3.8) is 0 Å². The first-order chi connectivity index (χ1) is 9.52. The summed E-state index contributed by atoms with van der Waals surface area (Å²) in [5.41, 5.74) is 0.758. The largest absolute Gasteiger partial charge is 0.370 e. The SMILES string of the molecule is CCCNCc1cc(F)c(N(C)CC2CC2C)c(F)c1. The topological polar surface area (TPSA) is 15.3 Å². The van der Waals surface area contributed by atoms with Gasteiger partial charge in [-0.15, -0.1) is 0 Å². The van der Waals surface area contributed by atoms with Crippen LogP contribution in [0.1, 0.15) is 32.3 Å². The molecule has 1 aliphatic carbocycles. The third-order valence-electron chi connectivity index (χ3n) is 4.00. The fourth-order valence-electron chi connectivity index (χ4n) is 2.59. The zero-order chi connectivity index (χ0) is 14.7. The molecule has 2 atom stereocenters. The zero-order valence-electron chi connectivity index (χ0n) is 12.5. The van der Waals surface area contributed by atoms with Crippen molar-refractivity contribution in [3.8, 4) is 0 Å². The average molecular weight is 282 g/mol. The van der Waals surface area contributed by atoms with Gasteiger partial charge in [0.1, 0.15) is 17.3 Å². The highest BCUT2D eigenvalue weighted by Crippen LogP contribution is 2.39. The summed E-state index contributed by atoms with van der Waals surface area (Å²) >= 11 is 0. The van der Waals surface area contributed by atoms with Crippen molar-refractivity contribution in [2.75, 3.05) is 25.0 Å². The predicted octanol–water partition coefficient (Wildman–Crippen LogP) is 3.56. The highest BCUT2D eigenvalue weighted by molar-refractivity contribution is 5.50. The van der Waals surface area contributed by atoms with Crippen molar-refractivity contribution in [1.82, 2.24) is 5.32 Å². The lowest BCUT2D eigenvalue weighted by molar-refractivity contribution is 0.564. The summed E-state index contributed by atoms with van der Waals surface area (Å²) in [5, 5.41) is 3.16. The number of benzene rings is 1. The Hall–Kier alpha value is -1.16. The van der Waals surface area contributed by atoms with Crippen LogP contribution in [0.25, 0.3) is 0 Å². The summed E-state index contributed by atoms with van der Waals surface area (Å²) in [6, 6.07) is 2.88. The Morgan fingerprint density at radius 3 is 2.40 bits per heavy atom. The maximum absolute atomic E-state index is 14.1. The molecule has 0 spiro atoms. The first kappa shape index (κ1) is 15.2. The summed E-state index contributed by atoms with van der Waals surface area (Å²) in [7, 11) is 1.77. The van der Waals surface area contributed by atoms with E-state index in [9.17, 15) is 8.78 Å². The molecule has 0 bridgehead atoms. The monoisotopic (exact) mass is 282 g/mol. The Morgan fingerprint density at radius 1 is 1.30 bits per heavy atom. The number of rotatable bonds is 7. The van der Waals surface area contributed by atoms with Crippen LogP contribution in [0.15, 0.2) is 12.1 Å². The second-order valence-corrected chi connectivity index (χ2v) is 5.94. The van der Waals surface area contributed by atoms with E-state index in [4.69, 9.17) is 0 Å². The van der Waals surface area contributed by atoms with E-state index in [0.29, 0.717) is 23.9 Å². The van der Waals surface area contributed by atoms with Crippen molar-refractivity contribution >= 4 is 5.69 Å². The van der Waals surface area contributed by atoms with Crippen LogP contribution in [0.2, 0.25) is 0 Å². The average Bonchev–Trinajstić information content (AvgIpc) is 3.04. The zero-order valence-corrected chi connectivity index (χ0v) is 12.5. The second kappa shape index (κ2) is 6.53. The fourth-order valence-corrected chi connectivity index (χ4v) is 2.59. The maximum Gasteiger partial charge on any atom is 0.149 e. The van der Waals surface area contributed by atoms with Gasteiger partial charge in [0.05, 0.1) is 0 Å². The Balaban J connectivity index is 2.05. The van der Waals surface area contributed by atoms with Gasteiger partial charge in [0.2, 0.25) is 0 Å². The molecule has 4 heteroatoms. The molecule has 0 aromatic heterocycles.